The van der Waals surface area contributed by atoms with Crippen molar-refractivity contribution >= 4 is 5.97 Å². The predicted molar refractivity (Wildman–Crippen MR) is 37.7 cm³/mol. The van der Waals surface area contributed by atoms with Crippen molar-refractivity contribution < 1.29 is 14.7 Å². The number of rotatable bonds is 2. The molecule has 0 bridgehead atoms. The van der Waals surface area contributed by atoms with Crippen LogP contribution in [0, 0.1) is 0 Å². The van der Waals surface area contributed by atoms with E-state index in [2.05, 4.69) is 11.3 Å². The second-order valence-corrected chi connectivity index (χ2v) is 1.24. The van der Waals surface area contributed by atoms with Crippen molar-refractivity contribution in [2.45, 2.75) is 6.92 Å². The van der Waals surface area contributed by atoms with Crippen LogP contribution in [0.4, 0.5) is 0 Å². The zero-order valence-electron chi connectivity index (χ0n) is 6.26. The lowest BCUT2D eigenvalue weighted by atomic mass is 10.7. The van der Waals surface area contributed by atoms with Crippen LogP contribution >= 0.6 is 0 Å². The molecule has 0 heterocycles. The van der Waals surface area contributed by atoms with Crippen molar-refractivity contribution in [2.75, 3.05) is 13.7 Å². The Balaban J connectivity index is 0. The maximum atomic E-state index is 9.84. The summed E-state index contributed by atoms with van der Waals surface area (Å²) in [6, 6.07) is 0. The van der Waals surface area contributed by atoms with Crippen molar-refractivity contribution in [2.24, 2.45) is 0 Å². The molecule has 0 atom stereocenters. The van der Waals surface area contributed by atoms with E-state index in [0.29, 0.717) is 6.54 Å². The van der Waals surface area contributed by atoms with Crippen LogP contribution < -0.4 is 5.48 Å². The largest absolute Gasteiger partial charge is 0.466 e. The van der Waals surface area contributed by atoms with Crippen LogP contribution in [0.3, 0.4) is 0 Å². The first kappa shape index (κ1) is 11.9. The van der Waals surface area contributed by atoms with Gasteiger partial charge in [0, 0.05) is 12.6 Å². The number of ether oxygens (including phenoxy) is 1. The van der Waals surface area contributed by atoms with E-state index in [0.717, 1.165) is 6.08 Å². The molecule has 4 nitrogen and oxygen atoms in total. The van der Waals surface area contributed by atoms with Gasteiger partial charge in [-0.2, -0.15) is 0 Å². The van der Waals surface area contributed by atoms with Crippen molar-refractivity contribution in [3.63, 3.8) is 0 Å². The Labute approximate surface area is 60.5 Å². The Morgan fingerprint density at radius 3 is 2.30 bits per heavy atom. The molecule has 4 heteroatoms. The van der Waals surface area contributed by atoms with Gasteiger partial charge in [-0.25, -0.2) is 10.3 Å². The van der Waals surface area contributed by atoms with Gasteiger partial charge in [0.2, 0.25) is 0 Å². The Morgan fingerprint density at radius 2 is 2.30 bits per heavy atom. The summed E-state index contributed by atoms with van der Waals surface area (Å²) in [6.45, 7) is 5.60. The van der Waals surface area contributed by atoms with Crippen LogP contribution in [0.15, 0.2) is 12.7 Å². The minimum absolute atomic E-state index is 0.394. The fourth-order valence-electron chi connectivity index (χ4n) is 0.0833. The average Bonchev–Trinajstić information content (AvgIpc) is 2.03. The molecule has 0 aromatic rings. The second kappa shape index (κ2) is 11.0. The fourth-order valence-corrected chi connectivity index (χ4v) is 0.0833. The Morgan fingerprint density at radius 1 is 1.90 bits per heavy atom. The minimum atomic E-state index is -0.394. The van der Waals surface area contributed by atoms with Gasteiger partial charge in [0.15, 0.2) is 0 Å². The van der Waals surface area contributed by atoms with Crippen LogP contribution in [0.5, 0.6) is 0 Å². The Hall–Kier alpha value is -0.870. The molecule has 0 saturated carbocycles. The first-order chi connectivity index (χ1) is 4.72. The van der Waals surface area contributed by atoms with Crippen LogP contribution in [-0.2, 0) is 9.53 Å². The van der Waals surface area contributed by atoms with E-state index in [1.165, 1.54) is 7.11 Å². The highest BCUT2D eigenvalue weighted by Crippen LogP contribution is 1.67. The first-order valence-corrected chi connectivity index (χ1v) is 2.80. The molecule has 0 amide bonds. The van der Waals surface area contributed by atoms with Gasteiger partial charge >= 0.3 is 5.97 Å². The molecule has 0 spiro atoms. The molecule has 60 valence electrons. The monoisotopic (exact) mass is 147 g/mol. The number of carbonyl (C=O) groups excluding carboxylic acids is 1. The number of hydroxylamine groups is 1. The summed E-state index contributed by atoms with van der Waals surface area (Å²) >= 11 is 0. The first-order valence-electron chi connectivity index (χ1n) is 2.80. The lowest BCUT2D eigenvalue weighted by molar-refractivity contribution is -0.134. The molecule has 0 aromatic heterocycles. The maximum Gasteiger partial charge on any atom is 0.329 e. The number of carbonyl (C=O) groups is 1. The van der Waals surface area contributed by atoms with Gasteiger partial charge < -0.3 is 9.94 Å². The fraction of sp³-hybridized carbons (Fsp3) is 0.500. The summed E-state index contributed by atoms with van der Waals surface area (Å²) in [6.07, 6.45) is 1.11. The van der Waals surface area contributed by atoms with Gasteiger partial charge in [-0.1, -0.05) is 13.5 Å². The van der Waals surface area contributed by atoms with Crippen molar-refractivity contribution in [3.8, 4) is 0 Å². The summed E-state index contributed by atoms with van der Waals surface area (Å²) in [5.74, 6) is -0.394. The highest BCUT2D eigenvalue weighted by Gasteiger charge is 1.81. The van der Waals surface area contributed by atoms with Crippen LogP contribution in [0.25, 0.3) is 0 Å². The van der Waals surface area contributed by atoms with Gasteiger partial charge in [0.05, 0.1) is 7.11 Å². The van der Waals surface area contributed by atoms with Gasteiger partial charge in [-0.3, -0.25) is 0 Å². The Bertz CT molecular complexity index is 91.0. The lowest BCUT2D eigenvalue weighted by Gasteiger charge is -1.83. The van der Waals surface area contributed by atoms with Crippen LogP contribution in [-0.4, -0.2) is 24.8 Å². The highest BCUT2D eigenvalue weighted by atomic mass is 16.5. The number of esters is 1. The molecule has 0 rings (SSSR count). The van der Waals surface area contributed by atoms with Gasteiger partial charge in [0.1, 0.15) is 0 Å². The summed E-state index contributed by atoms with van der Waals surface area (Å²) in [5, 5.41) is 7.62. The highest BCUT2D eigenvalue weighted by molar-refractivity contribution is 5.80. The summed E-state index contributed by atoms with van der Waals surface area (Å²) in [4.78, 5) is 9.84. The molecular weight excluding hydrogens is 134 g/mol. The molecule has 0 aliphatic carbocycles. The molecule has 0 fully saturated rings. The molecule has 2 N–H and O–H groups in total. The van der Waals surface area contributed by atoms with E-state index in [4.69, 9.17) is 5.21 Å². The quantitative estimate of drug-likeness (QED) is 0.336. The maximum absolute atomic E-state index is 9.84. The van der Waals surface area contributed by atoms with Crippen molar-refractivity contribution in [1.29, 1.82) is 0 Å². The van der Waals surface area contributed by atoms with E-state index in [9.17, 15) is 4.79 Å². The Kier molecular flexibility index (Phi) is 13.1. The van der Waals surface area contributed by atoms with E-state index < -0.39 is 5.97 Å². The molecule has 10 heavy (non-hydrogen) atoms. The molecule has 0 radical (unpaired) electrons. The zero-order chi connectivity index (χ0) is 8.41. The number of hydrogen-bond acceptors (Lipinski definition) is 4. The van der Waals surface area contributed by atoms with Gasteiger partial charge in [-0.05, 0) is 0 Å². The van der Waals surface area contributed by atoms with E-state index in [1.54, 1.807) is 0 Å². The van der Waals surface area contributed by atoms with Crippen LogP contribution in [0.2, 0.25) is 0 Å². The topological polar surface area (TPSA) is 58.6 Å². The van der Waals surface area contributed by atoms with Crippen molar-refractivity contribution in [1.82, 2.24) is 5.48 Å². The lowest BCUT2D eigenvalue weighted by Crippen LogP contribution is -2.02. The van der Waals surface area contributed by atoms with Gasteiger partial charge in [0.25, 0.3) is 0 Å². The third-order valence-corrected chi connectivity index (χ3v) is 0.526. The minimum Gasteiger partial charge on any atom is -0.466 e. The smallest absolute Gasteiger partial charge is 0.329 e. The van der Waals surface area contributed by atoms with E-state index >= 15 is 0 Å². The van der Waals surface area contributed by atoms with Crippen molar-refractivity contribution in [3.05, 3.63) is 12.7 Å². The summed E-state index contributed by atoms with van der Waals surface area (Å²) in [7, 11) is 1.31. The molecule has 0 unspecified atom stereocenters. The number of methoxy groups -OCH3 is 1. The standard InChI is InChI=1S/C4H6O2.C2H7NO/c1-3-4(5)6-2;1-2-3-4/h3H,1H2,2H3;3-4H,2H2,1H3. The summed E-state index contributed by atoms with van der Waals surface area (Å²) < 4.78 is 4.14. The van der Waals surface area contributed by atoms with E-state index in [1.807, 2.05) is 12.4 Å². The van der Waals surface area contributed by atoms with Gasteiger partial charge in [-0.15, -0.1) is 0 Å². The summed E-state index contributed by atoms with van der Waals surface area (Å²) in [5.41, 5.74) is 1.93. The molecule has 0 aliphatic rings. The predicted octanol–water partition coefficient (Wildman–Crippen LogP) is 0.331. The molecule has 0 aromatic carbocycles. The van der Waals surface area contributed by atoms with Crippen LogP contribution in [0.1, 0.15) is 6.92 Å². The second-order valence-electron chi connectivity index (χ2n) is 1.24. The molecule has 0 saturated heterocycles. The third-order valence-electron chi connectivity index (χ3n) is 0.526. The SMILES string of the molecule is C=CC(=O)OC.CCNO. The number of nitrogens with one attached hydrogen (secondary N) is 1. The molecular formula is C6H13NO3. The number of hydrogen-bond donors (Lipinski definition) is 2. The average molecular weight is 147 g/mol. The normalized spacial score (nSPS) is 7.10. The zero-order valence-corrected chi connectivity index (χ0v) is 6.26. The molecule has 0 aliphatic heterocycles. The third kappa shape index (κ3) is 15.7. The van der Waals surface area contributed by atoms with E-state index in [-0.39, 0.29) is 0 Å².